The molecular formula is C12H12O3. The second-order valence-electron chi connectivity index (χ2n) is 3.72. The molecule has 3 nitrogen and oxygen atoms in total. The third-order valence-electron chi connectivity index (χ3n) is 2.43. The van der Waals surface area contributed by atoms with Crippen molar-refractivity contribution in [2.24, 2.45) is 5.92 Å². The molecule has 1 aromatic carbocycles. The van der Waals surface area contributed by atoms with Crippen molar-refractivity contribution in [2.45, 2.75) is 12.8 Å². The van der Waals surface area contributed by atoms with Gasteiger partial charge in [-0.2, -0.15) is 0 Å². The highest BCUT2D eigenvalue weighted by Gasteiger charge is 2.29. The van der Waals surface area contributed by atoms with Crippen molar-refractivity contribution in [1.82, 2.24) is 0 Å². The van der Waals surface area contributed by atoms with Crippen molar-refractivity contribution in [3.05, 3.63) is 29.8 Å². The van der Waals surface area contributed by atoms with Crippen LogP contribution in [0.1, 0.15) is 23.2 Å². The van der Waals surface area contributed by atoms with E-state index in [0.29, 0.717) is 11.3 Å². The van der Waals surface area contributed by atoms with Crippen LogP contribution in [-0.4, -0.2) is 18.7 Å². The molecule has 0 heterocycles. The molecule has 1 saturated carbocycles. The third kappa shape index (κ3) is 2.65. The predicted octanol–water partition coefficient (Wildman–Crippen LogP) is 1.86. The normalized spacial score (nSPS) is 14.7. The molecule has 0 amide bonds. The molecule has 0 atom stereocenters. The van der Waals surface area contributed by atoms with E-state index in [9.17, 15) is 9.59 Å². The smallest absolute Gasteiger partial charge is 0.173 e. The summed E-state index contributed by atoms with van der Waals surface area (Å²) in [7, 11) is 0. The minimum absolute atomic E-state index is 0.144. The van der Waals surface area contributed by atoms with E-state index in [4.69, 9.17) is 4.74 Å². The lowest BCUT2D eigenvalue weighted by atomic mass is 10.2. The first-order chi connectivity index (χ1) is 7.29. The van der Waals surface area contributed by atoms with E-state index >= 15 is 0 Å². The van der Waals surface area contributed by atoms with E-state index in [1.807, 2.05) is 0 Å². The number of hydrogen-bond donors (Lipinski definition) is 0. The van der Waals surface area contributed by atoms with Crippen LogP contribution in [0.3, 0.4) is 0 Å². The number of benzene rings is 1. The summed E-state index contributed by atoms with van der Waals surface area (Å²) in [5.74, 6) is 1.04. The maximum absolute atomic E-state index is 11.3. The van der Waals surface area contributed by atoms with Crippen LogP contribution in [0.2, 0.25) is 0 Å². The Morgan fingerprint density at radius 1 is 1.33 bits per heavy atom. The second kappa shape index (κ2) is 4.26. The van der Waals surface area contributed by atoms with Crippen LogP contribution < -0.4 is 4.74 Å². The highest BCUT2D eigenvalue weighted by molar-refractivity contribution is 5.84. The lowest BCUT2D eigenvalue weighted by molar-refractivity contribution is -0.122. The van der Waals surface area contributed by atoms with Crippen LogP contribution in [0.5, 0.6) is 5.75 Å². The van der Waals surface area contributed by atoms with Gasteiger partial charge < -0.3 is 4.74 Å². The van der Waals surface area contributed by atoms with E-state index in [0.717, 1.165) is 19.1 Å². The lowest BCUT2D eigenvalue weighted by Crippen LogP contribution is -2.12. The lowest BCUT2D eigenvalue weighted by Gasteiger charge is -2.04. The fraction of sp³-hybridized carbons (Fsp3) is 0.333. The molecule has 0 spiro atoms. The zero-order valence-electron chi connectivity index (χ0n) is 8.31. The monoisotopic (exact) mass is 204 g/mol. The Balaban J connectivity index is 1.87. The SMILES string of the molecule is O=Cc1ccc(OCC(=O)C2CC2)cc1. The van der Waals surface area contributed by atoms with Crippen LogP contribution in [0.15, 0.2) is 24.3 Å². The van der Waals surface area contributed by atoms with E-state index in [1.54, 1.807) is 24.3 Å². The minimum atomic E-state index is 0.144. The summed E-state index contributed by atoms with van der Waals surface area (Å²) in [5.41, 5.74) is 0.607. The molecule has 1 aromatic rings. The van der Waals surface area contributed by atoms with Gasteiger partial charge in [0.1, 0.15) is 18.6 Å². The zero-order valence-corrected chi connectivity index (χ0v) is 8.31. The molecule has 78 valence electrons. The maximum atomic E-state index is 11.3. The van der Waals surface area contributed by atoms with Gasteiger partial charge in [-0.05, 0) is 37.1 Å². The standard InChI is InChI=1S/C12H12O3/c13-7-9-1-5-11(6-2-9)15-8-12(14)10-3-4-10/h1-2,5-7,10H,3-4,8H2. The number of carbonyl (C=O) groups is 2. The van der Waals surface area contributed by atoms with Gasteiger partial charge >= 0.3 is 0 Å². The van der Waals surface area contributed by atoms with E-state index in [-0.39, 0.29) is 18.3 Å². The molecule has 0 aliphatic heterocycles. The fourth-order valence-electron chi connectivity index (χ4n) is 1.32. The Morgan fingerprint density at radius 3 is 2.53 bits per heavy atom. The summed E-state index contributed by atoms with van der Waals surface area (Å²) in [6.45, 7) is 0.144. The summed E-state index contributed by atoms with van der Waals surface area (Å²) < 4.78 is 5.30. The number of carbonyl (C=O) groups excluding carboxylic acids is 2. The van der Waals surface area contributed by atoms with E-state index in [2.05, 4.69) is 0 Å². The highest BCUT2D eigenvalue weighted by atomic mass is 16.5. The molecule has 1 aliphatic rings. The Kier molecular flexibility index (Phi) is 2.81. The van der Waals surface area contributed by atoms with Crippen LogP contribution in [-0.2, 0) is 4.79 Å². The summed E-state index contributed by atoms with van der Waals surface area (Å²) in [6.07, 6.45) is 2.79. The molecular weight excluding hydrogens is 192 g/mol. The summed E-state index contributed by atoms with van der Waals surface area (Å²) >= 11 is 0. The number of Topliss-reactive ketones (excluding diaryl/α,β-unsaturated/α-hetero) is 1. The first-order valence-electron chi connectivity index (χ1n) is 5.00. The zero-order chi connectivity index (χ0) is 10.7. The van der Waals surface area contributed by atoms with Crippen molar-refractivity contribution < 1.29 is 14.3 Å². The quantitative estimate of drug-likeness (QED) is 0.687. The van der Waals surface area contributed by atoms with Gasteiger partial charge in [-0.1, -0.05) is 0 Å². The van der Waals surface area contributed by atoms with Crippen LogP contribution in [0.25, 0.3) is 0 Å². The van der Waals surface area contributed by atoms with Crippen molar-refractivity contribution >= 4 is 12.1 Å². The predicted molar refractivity (Wildman–Crippen MR) is 55.1 cm³/mol. The Hall–Kier alpha value is -1.64. The average Bonchev–Trinajstić information content (AvgIpc) is 3.10. The summed E-state index contributed by atoms with van der Waals surface area (Å²) in [5, 5.41) is 0. The Morgan fingerprint density at radius 2 is 2.00 bits per heavy atom. The molecule has 0 bridgehead atoms. The van der Waals surface area contributed by atoms with Gasteiger partial charge in [0.2, 0.25) is 0 Å². The van der Waals surface area contributed by atoms with Gasteiger partial charge in [0.15, 0.2) is 5.78 Å². The largest absolute Gasteiger partial charge is 0.486 e. The van der Waals surface area contributed by atoms with Crippen LogP contribution >= 0.6 is 0 Å². The topological polar surface area (TPSA) is 43.4 Å². The molecule has 0 N–H and O–H groups in total. The first-order valence-corrected chi connectivity index (χ1v) is 5.00. The Bertz CT molecular complexity index is 363. The molecule has 0 saturated heterocycles. The molecule has 0 aromatic heterocycles. The number of ether oxygens (including phenoxy) is 1. The van der Waals surface area contributed by atoms with Crippen molar-refractivity contribution in [1.29, 1.82) is 0 Å². The van der Waals surface area contributed by atoms with Gasteiger partial charge in [0.05, 0.1) is 0 Å². The molecule has 1 aliphatic carbocycles. The Labute approximate surface area is 88.1 Å². The molecule has 15 heavy (non-hydrogen) atoms. The molecule has 0 radical (unpaired) electrons. The van der Waals surface area contributed by atoms with E-state index in [1.165, 1.54) is 0 Å². The van der Waals surface area contributed by atoms with Gasteiger partial charge in [-0.3, -0.25) is 9.59 Å². The van der Waals surface area contributed by atoms with Gasteiger partial charge in [-0.25, -0.2) is 0 Å². The molecule has 0 unspecified atom stereocenters. The highest BCUT2D eigenvalue weighted by Crippen LogP contribution is 2.29. The summed E-state index contributed by atoms with van der Waals surface area (Å²) in [4.78, 5) is 21.7. The minimum Gasteiger partial charge on any atom is -0.486 e. The van der Waals surface area contributed by atoms with Gasteiger partial charge in [-0.15, -0.1) is 0 Å². The van der Waals surface area contributed by atoms with Crippen LogP contribution in [0.4, 0.5) is 0 Å². The third-order valence-corrected chi connectivity index (χ3v) is 2.43. The number of ketones is 1. The number of hydrogen-bond acceptors (Lipinski definition) is 3. The number of rotatable bonds is 5. The van der Waals surface area contributed by atoms with Gasteiger partial charge in [0, 0.05) is 11.5 Å². The van der Waals surface area contributed by atoms with E-state index < -0.39 is 0 Å². The molecule has 1 fully saturated rings. The molecule has 2 rings (SSSR count). The first kappa shape index (κ1) is 9.90. The van der Waals surface area contributed by atoms with Crippen LogP contribution in [0, 0.1) is 5.92 Å². The van der Waals surface area contributed by atoms with Gasteiger partial charge in [0.25, 0.3) is 0 Å². The molecule has 3 heteroatoms. The fourth-order valence-corrected chi connectivity index (χ4v) is 1.32. The average molecular weight is 204 g/mol. The maximum Gasteiger partial charge on any atom is 0.173 e. The summed E-state index contributed by atoms with van der Waals surface area (Å²) in [6, 6.07) is 6.74. The van der Waals surface area contributed by atoms with Crippen molar-refractivity contribution in [2.75, 3.05) is 6.61 Å². The van der Waals surface area contributed by atoms with Crippen molar-refractivity contribution in [3.8, 4) is 5.75 Å². The second-order valence-corrected chi connectivity index (χ2v) is 3.72. The van der Waals surface area contributed by atoms with Crippen molar-refractivity contribution in [3.63, 3.8) is 0 Å². The number of aldehydes is 1.